The average Bonchev–Trinajstić information content (AvgIpc) is 2.89. The van der Waals surface area contributed by atoms with E-state index in [4.69, 9.17) is 4.74 Å². The number of hydrogen-bond donors (Lipinski definition) is 0. The van der Waals surface area contributed by atoms with Crippen LogP contribution in [0.5, 0.6) is 5.75 Å². The fourth-order valence-electron chi connectivity index (χ4n) is 1.98. The second-order valence-corrected chi connectivity index (χ2v) is 4.23. The van der Waals surface area contributed by atoms with E-state index in [-0.39, 0.29) is 0 Å². The Balaban J connectivity index is 1.89. The van der Waals surface area contributed by atoms with Crippen LogP contribution in [-0.2, 0) is 0 Å². The van der Waals surface area contributed by atoms with E-state index in [2.05, 4.69) is 11.1 Å². The SMILES string of the molecule is COc1ccc(/C=C/n2cnc3ccccc32)cc1. The van der Waals surface area contributed by atoms with Crippen LogP contribution in [0.2, 0.25) is 0 Å². The number of hydrogen-bond acceptors (Lipinski definition) is 2. The van der Waals surface area contributed by atoms with Crippen molar-refractivity contribution < 1.29 is 4.74 Å². The molecule has 1 heterocycles. The summed E-state index contributed by atoms with van der Waals surface area (Å²) in [5.41, 5.74) is 3.23. The highest BCUT2D eigenvalue weighted by Gasteiger charge is 1.97. The van der Waals surface area contributed by atoms with Gasteiger partial charge in [0.2, 0.25) is 0 Å². The molecule has 0 aliphatic heterocycles. The van der Waals surface area contributed by atoms with E-state index < -0.39 is 0 Å². The van der Waals surface area contributed by atoms with Crippen LogP contribution in [0.4, 0.5) is 0 Å². The van der Waals surface area contributed by atoms with Crippen LogP contribution in [0.15, 0.2) is 54.9 Å². The summed E-state index contributed by atoms with van der Waals surface area (Å²) in [6.07, 6.45) is 5.88. The van der Waals surface area contributed by atoms with Crippen LogP contribution in [0.1, 0.15) is 5.56 Å². The summed E-state index contributed by atoms with van der Waals surface area (Å²) < 4.78 is 7.15. The second-order valence-electron chi connectivity index (χ2n) is 4.23. The molecule has 0 N–H and O–H groups in total. The molecule has 1 aromatic heterocycles. The highest BCUT2D eigenvalue weighted by atomic mass is 16.5. The van der Waals surface area contributed by atoms with Crippen molar-refractivity contribution in [2.45, 2.75) is 0 Å². The standard InChI is InChI=1S/C16H14N2O/c1-19-14-8-6-13(7-9-14)10-11-18-12-17-15-4-2-3-5-16(15)18/h2-12H,1H3/b11-10+. The highest BCUT2D eigenvalue weighted by Crippen LogP contribution is 2.15. The van der Waals surface area contributed by atoms with Gasteiger partial charge >= 0.3 is 0 Å². The van der Waals surface area contributed by atoms with Gasteiger partial charge in [0.25, 0.3) is 0 Å². The monoisotopic (exact) mass is 250 g/mol. The summed E-state index contributed by atoms with van der Waals surface area (Å²) in [6.45, 7) is 0. The fraction of sp³-hybridized carbons (Fsp3) is 0.0625. The molecule has 0 saturated carbocycles. The van der Waals surface area contributed by atoms with Gasteiger partial charge in [-0.15, -0.1) is 0 Å². The lowest BCUT2D eigenvalue weighted by molar-refractivity contribution is 0.415. The van der Waals surface area contributed by atoms with Crippen molar-refractivity contribution in [3.05, 3.63) is 60.4 Å². The Labute approximate surface area is 111 Å². The smallest absolute Gasteiger partial charge is 0.118 e. The molecular weight excluding hydrogens is 236 g/mol. The number of methoxy groups -OCH3 is 1. The summed E-state index contributed by atoms with van der Waals surface area (Å²) in [5.74, 6) is 0.866. The first kappa shape index (κ1) is 11.5. The summed E-state index contributed by atoms with van der Waals surface area (Å²) in [4.78, 5) is 4.35. The zero-order valence-corrected chi connectivity index (χ0v) is 10.7. The molecule has 0 fully saturated rings. The number of para-hydroxylation sites is 2. The van der Waals surface area contributed by atoms with Crippen LogP contribution < -0.4 is 4.74 Å². The zero-order valence-electron chi connectivity index (χ0n) is 10.7. The molecule has 0 radical (unpaired) electrons. The van der Waals surface area contributed by atoms with Crippen molar-refractivity contribution in [2.75, 3.05) is 7.11 Å². The number of fused-ring (bicyclic) bond motifs is 1. The lowest BCUT2D eigenvalue weighted by Crippen LogP contribution is -1.83. The normalized spacial score (nSPS) is 11.2. The van der Waals surface area contributed by atoms with Gasteiger partial charge in [-0.25, -0.2) is 4.98 Å². The van der Waals surface area contributed by atoms with Crippen molar-refractivity contribution in [3.63, 3.8) is 0 Å². The number of benzene rings is 2. The van der Waals surface area contributed by atoms with Crippen molar-refractivity contribution in [1.82, 2.24) is 9.55 Å². The van der Waals surface area contributed by atoms with Gasteiger partial charge < -0.3 is 9.30 Å². The topological polar surface area (TPSA) is 27.1 Å². The lowest BCUT2D eigenvalue weighted by atomic mass is 10.2. The first-order chi connectivity index (χ1) is 9.36. The second kappa shape index (κ2) is 4.98. The Morgan fingerprint density at radius 2 is 1.84 bits per heavy atom. The maximum Gasteiger partial charge on any atom is 0.118 e. The van der Waals surface area contributed by atoms with Gasteiger partial charge in [0.05, 0.1) is 24.5 Å². The van der Waals surface area contributed by atoms with E-state index >= 15 is 0 Å². The van der Waals surface area contributed by atoms with Crippen LogP contribution in [0.3, 0.4) is 0 Å². The van der Waals surface area contributed by atoms with E-state index in [9.17, 15) is 0 Å². The van der Waals surface area contributed by atoms with Crippen LogP contribution in [0, 0.1) is 0 Å². The Morgan fingerprint density at radius 1 is 1.05 bits per heavy atom. The number of nitrogens with zero attached hydrogens (tertiary/aromatic N) is 2. The third kappa shape index (κ3) is 2.36. The quantitative estimate of drug-likeness (QED) is 0.709. The molecule has 0 atom stereocenters. The Hall–Kier alpha value is -2.55. The van der Waals surface area contributed by atoms with Crippen LogP contribution in [-0.4, -0.2) is 16.7 Å². The van der Waals surface area contributed by atoms with E-state index in [0.29, 0.717) is 0 Å². The lowest BCUT2D eigenvalue weighted by Gasteiger charge is -1.99. The van der Waals surface area contributed by atoms with E-state index in [1.54, 1.807) is 7.11 Å². The summed E-state index contributed by atoms with van der Waals surface area (Å²) >= 11 is 0. The maximum atomic E-state index is 5.14. The number of imidazole rings is 1. The molecule has 3 aromatic rings. The summed E-state index contributed by atoms with van der Waals surface area (Å²) in [5, 5.41) is 0. The van der Waals surface area contributed by atoms with Crippen molar-refractivity contribution in [1.29, 1.82) is 0 Å². The molecule has 3 rings (SSSR count). The molecule has 0 saturated heterocycles. The largest absolute Gasteiger partial charge is 0.497 e. The number of ether oxygens (including phenoxy) is 1. The third-order valence-corrected chi connectivity index (χ3v) is 3.02. The van der Waals surface area contributed by atoms with Crippen molar-refractivity contribution in [3.8, 4) is 5.75 Å². The minimum atomic E-state index is 0.866. The molecule has 0 bridgehead atoms. The summed E-state index contributed by atoms with van der Waals surface area (Å²) in [7, 11) is 1.67. The molecule has 94 valence electrons. The number of rotatable bonds is 3. The summed E-state index contributed by atoms with van der Waals surface area (Å²) in [6, 6.07) is 16.0. The van der Waals surface area contributed by atoms with Gasteiger partial charge in [-0.2, -0.15) is 0 Å². The molecule has 2 aromatic carbocycles. The predicted molar refractivity (Wildman–Crippen MR) is 78.0 cm³/mol. The molecule has 3 nitrogen and oxygen atoms in total. The average molecular weight is 250 g/mol. The molecule has 0 aliphatic rings. The van der Waals surface area contributed by atoms with Crippen LogP contribution in [0.25, 0.3) is 23.3 Å². The highest BCUT2D eigenvalue weighted by molar-refractivity contribution is 5.78. The van der Waals surface area contributed by atoms with Crippen molar-refractivity contribution in [2.24, 2.45) is 0 Å². The molecule has 0 unspecified atom stereocenters. The van der Waals surface area contributed by atoms with Crippen molar-refractivity contribution >= 4 is 23.3 Å². The van der Waals surface area contributed by atoms with Gasteiger partial charge in [-0.3, -0.25) is 0 Å². The first-order valence-electron chi connectivity index (χ1n) is 6.10. The fourth-order valence-corrected chi connectivity index (χ4v) is 1.98. The van der Waals surface area contributed by atoms with Gasteiger partial charge in [0.15, 0.2) is 0 Å². The minimum Gasteiger partial charge on any atom is -0.497 e. The van der Waals surface area contributed by atoms with E-state index in [1.807, 2.05) is 65.6 Å². The molecule has 0 amide bonds. The Bertz CT molecular complexity index is 711. The van der Waals surface area contributed by atoms with Gasteiger partial charge in [0.1, 0.15) is 5.75 Å². The molecule has 3 heteroatoms. The Kier molecular flexibility index (Phi) is 3.02. The molecule has 0 spiro atoms. The van der Waals surface area contributed by atoms with Gasteiger partial charge in [0, 0.05) is 6.20 Å². The maximum absolute atomic E-state index is 5.14. The first-order valence-corrected chi connectivity index (χ1v) is 6.10. The molecule has 0 aliphatic carbocycles. The minimum absolute atomic E-state index is 0.866. The molecular formula is C16H14N2O. The van der Waals surface area contributed by atoms with E-state index in [0.717, 1.165) is 22.3 Å². The van der Waals surface area contributed by atoms with E-state index in [1.165, 1.54) is 0 Å². The Morgan fingerprint density at radius 3 is 2.63 bits per heavy atom. The predicted octanol–water partition coefficient (Wildman–Crippen LogP) is 3.67. The molecule has 19 heavy (non-hydrogen) atoms. The number of aromatic nitrogens is 2. The third-order valence-electron chi connectivity index (χ3n) is 3.02. The zero-order chi connectivity index (χ0) is 13.1. The van der Waals surface area contributed by atoms with Gasteiger partial charge in [-0.1, -0.05) is 24.3 Å². The van der Waals surface area contributed by atoms with Crippen LogP contribution >= 0.6 is 0 Å². The van der Waals surface area contributed by atoms with Gasteiger partial charge in [-0.05, 0) is 35.9 Å².